The zero-order valence-electron chi connectivity index (χ0n) is 20.4. The molecular weight excluding hydrogens is 534 g/mol. The zero-order chi connectivity index (χ0) is 26.2. The molecule has 35 heavy (non-hydrogen) atoms. The number of hydrogen-bond acceptors (Lipinski definition) is 5. The molecule has 2 heterocycles. The van der Waals surface area contributed by atoms with Crippen molar-refractivity contribution in [2.24, 2.45) is 0 Å². The van der Waals surface area contributed by atoms with E-state index in [1.54, 1.807) is 33.0 Å². The van der Waals surface area contributed by atoms with Crippen LogP contribution in [-0.4, -0.2) is 65.2 Å². The van der Waals surface area contributed by atoms with Gasteiger partial charge in [-0.1, -0.05) is 6.07 Å². The fourth-order valence-electron chi connectivity index (χ4n) is 3.75. The predicted octanol–water partition coefficient (Wildman–Crippen LogP) is 6.11. The Morgan fingerprint density at radius 1 is 1.03 bits per heavy atom. The van der Waals surface area contributed by atoms with Crippen LogP contribution in [0.15, 0.2) is 41.7 Å². The highest BCUT2D eigenvalue weighted by Crippen LogP contribution is 2.42. The summed E-state index contributed by atoms with van der Waals surface area (Å²) in [5.41, 5.74) is 2.15. The van der Waals surface area contributed by atoms with E-state index >= 15 is 0 Å². The van der Waals surface area contributed by atoms with Crippen molar-refractivity contribution in [3.8, 4) is 5.75 Å². The maximum atomic E-state index is 13.8. The SMILES string of the molecule is CC1=CC(N2CCN(C(=O)OC(C)(C)C)CC2)=CCN1c1ccc(C)c(OC(F)(F)C(F)(F)Br)c1. The van der Waals surface area contributed by atoms with Crippen LogP contribution in [0.5, 0.6) is 5.75 Å². The average Bonchev–Trinajstić information content (AvgIpc) is 2.73. The molecule has 0 saturated carbocycles. The van der Waals surface area contributed by atoms with Gasteiger partial charge in [0.1, 0.15) is 11.4 Å². The van der Waals surface area contributed by atoms with E-state index in [0.29, 0.717) is 44.0 Å². The van der Waals surface area contributed by atoms with Crippen LogP contribution < -0.4 is 9.64 Å². The lowest BCUT2D eigenvalue weighted by atomic mass is 10.1. The van der Waals surface area contributed by atoms with Crippen molar-refractivity contribution in [3.63, 3.8) is 0 Å². The third-order valence-corrected chi connectivity index (χ3v) is 6.08. The molecule has 1 aromatic rings. The van der Waals surface area contributed by atoms with E-state index in [1.807, 2.05) is 44.7 Å². The standard InChI is InChI=1S/C24H30BrF4N3O3/c1-16-6-7-19(15-20(16)34-24(28,29)23(25,26)27)32-9-8-18(14-17(32)2)30-10-12-31(13-11-30)21(33)35-22(3,4)5/h6-8,14-15H,9-13H2,1-5H3. The largest absolute Gasteiger partial charge is 0.475 e. The van der Waals surface area contributed by atoms with Gasteiger partial charge in [0.25, 0.3) is 0 Å². The molecule has 0 radical (unpaired) electrons. The fourth-order valence-corrected chi connectivity index (χ4v) is 3.83. The van der Waals surface area contributed by atoms with E-state index in [-0.39, 0.29) is 11.8 Å². The number of carbonyl (C=O) groups excluding carboxylic acids is 1. The first-order valence-corrected chi connectivity index (χ1v) is 12.0. The Balaban J connectivity index is 1.67. The van der Waals surface area contributed by atoms with Gasteiger partial charge < -0.3 is 24.2 Å². The Kier molecular flexibility index (Phi) is 7.69. The molecule has 2 aliphatic heterocycles. The van der Waals surface area contributed by atoms with E-state index in [0.717, 1.165) is 11.4 Å². The third-order valence-electron chi connectivity index (χ3n) is 5.61. The minimum atomic E-state index is -4.71. The Morgan fingerprint density at radius 3 is 2.20 bits per heavy atom. The van der Waals surface area contributed by atoms with Crippen LogP contribution >= 0.6 is 15.9 Å². The van der Waals surface area contributed by atoms with Crippen LogP contribution in [0.2, 0.25) is 0 Å². The minimum Gasteiger partial charge on any atom is -0.444 e. The molecule has 0 aromatic heterocycles. The maximum Gasteiger partial charge on any atom is 0.475 e. The number of nitrogens with zero attached hydrogens (tertiary/aromatic N) is 3. The van der Waals surface area contributed by atoms with Crippen molar-refractivity contribution < 1.29 is 31.8 Å². The van der Waals surface area contributed by atoms with Crippen molar-refractivity contribution in [3.05, 3.63) is 47.3 Å². The zero-order valence-corrected chi connectivity index (χ0v) is 22.0. The number of ether oxygens (including phenoxy) is 2. The summed E-state index contributed by atoms with van der Waals surface area (Å²) in [4.78, 5) is 13.5. The highest BCUT2D eigenvalue weighted by Gasteiger charge is 2.58. The molecule has 6 nitrogen and oxygen atoms in total. The van der Waals surface area contributed by atoms with E-state index < -0.39 is 16.5 Å². The van der Waals surface area contributed by atoms with Gasteiger partial charge in [-0.3, -0.25) is 0 Å². The smallest absolute Gasteiger partial charge is 0.444 e. The first kappa shape index (κ1) is 27.2. The van der Waals surface area contributed by atoms with Crippen molar-refractivity contribution in [2.75, 3.05) is 37.6 Å². The summed E-state index contributed by atoms with van der Waals surface area (Å²) in [7, 11) is 0. The monoisotopic (exact) mass is 563 g/mol. The second kappa shape index (κ2) is 9.91. The number of piperazine rings is 1. The quantitative estimate of drug-likeness (QED) is 0.319. The lowest BCUT2D eigenvalue weighted by Crippen LogP contribution is -2.49. The number of anilines is 1. The Morgan fingerprint density at radius 2 is 1.66 bits per heavy atom. The Labute approximate surface area is 211 Å². The lowest BCUT2D eigenvalue weighted by Gasteiger charge is -2.39. The van der Waals surface area contributed by atoms with E-state index in [1.165, 1.54) is 13.0 Å². The highest BCUT2D eigenvalue weighted by atomic mass is 79.9. The summed E-state index contributed by atoms with van der Waals surface area (Å²) in [5.74, 6) is -0.326. The van der Waals surface area contributed by atoms with Gasteiger partial charge in [-0.2, -0.15) is 17.6 Å². The summed E-state index contributed by atoms with van der Waals surface area (Å²) >= 11 is 1.69. The van der Waals surface area contributed by atoms with Crippen LogP contribution in [0.25, 0.3) is 0 Å². The fraction of sp³-hybridized carbons (Fsp3) is 0.542. The van der Waals surface area contributed by atoms with Crippen molar-refractivity contribution in [2.45, 2.75) is 51.2 Å². The number of alkyl halides is 5. The van der Waals surface area contributed by atoms with Crippen LogP contribution in [0.3, 0.4) is 0 Å². The number of carbonyl (C=O) groups is 1. The number of halogens is 5. The van der Waals surface area contributed by atoms with E-state index in [2.05, 4.69) is 9.64 Å². The molecule has 0 aliphatic carbocycles. The number of aryl methyl sites for hydroxylation is 1. The molecule has 0 bridgehead atoms. The number of hydrogen-bond donors (Lipinski definition) is 0. The van der Waals surface area contributed by atoms with Crippen LogP contribution in [-0.2, 0) is 4.74 Å². The molecule has 0 atom stereocenters. The molecule has 3 rings (SSSR count). The van der Waals surface area contributed by atoms with Crippen molar-refractivity contribution in [1.29, 1.82) is 0 Å². The molecule has 1 aromatic carbocycles. The summed E-state index contributed by atoms with van der Waals surface area (Å²) < 4.78 is 63.7. The number of allylic oxidation sites excluding steroid dienone is 2. The van der Waals surface area contributed by atoms with Crippen LogP contribution in [0.4, 0.5) is 28.0 Å². The predicted molar refractivity (Wildman–Crippen MR) is 129 cm³/mol. The average molecular weight is 564 g/mol. The van der Waals surface area contributed by atoms with Gasteiger partial charge in [0, 0.05) is 71.8 Å². The summed E-state index contributed by atoms with van der Waals surface area (Å²) in [6, 6.07) is 4.61. The molecule has 0 spiro atoms. The molecule has 1 fully saturated rings. The molecule has 0 N–H and O–H groups in total. The Bertz CT molecular complexity index is 1010. The van der Waals surface area contributed by atoms with Gasteiger partial charge in [-0.05, 0) is 58.4 Å². The normalized spacial score (nSPS) is 17.7. The maximum absolute atomic E-state index is 13.8. The van der Waals surface area contributed by atoms with E-state index in [9.17, 15) is 22.4 Å². The topological polar surface area (TPSA) is 45.2 Å². The van der Waals surface area contributed by atoms with Crippen LogP contribution in [0.1, 0.15) is 33.3 Å². The number of benzene rings is 1. The van der Waals surface area contributed by atoms with Gasteiger partial charge in [-0.15, -0.1) is 0 Å². The Hall–Kier alpha value is -2.43. The number of rotatable bonds is 5. The second-order valence-corrected chi connectivity index (χ2v) is 10.5. The lowest BCUT2D eigenvalue weighted by molar-refractivity contribution is -0.266. The van der Waals surface area contributed by atoms with Crippen molar-refractivity contribution >= 4 is 27.7 Å². The molecule has 1 amide bonds. The van der Waals surface area contributed by atoms with Gasteiger partial charge in [-0.25, -0.2) is 4.79 Å². The summed E-state index contributed by atoms with van der Waals surface area (Å²) in [6.45, 7) is 11.7. The molecule has 194 valence electrons. The minimum absolute atomic E-state index is 0.308. The summed E-state index contributed by atoms with van der Waals surface area (Å²) in [6.07, 6.45) is -1.07. The van der Waals surface area contributed by atoms with Gasteiger partial charge >= 0.3 is 17.0 Å². The third kappa shape index (κ3) is 6.62. The second-order valence-electron chi connectivity index (χ2n) is 9.55. The molecule has 2 aliphatic rings. The molecule has 11 heteroatoms. The molecular formula is C24H30BrF4N3O3. The summed E-state index contributed by atoms with van der Waals surface area (Å²) in [5, 5.41) is 0. The van der Waals surface area contributed by atoms with Crippen molar-refractivity contribution in [1.82, 2.24) is 9.80 Å². The van der Waals surface area contributed by atoms with E-state index in [4.69, 9.17) is 4.74 Å². The van der Waals surface area contributed by atoms with Gasteiger partial charge in [0.05, 0.1) is 0 Å². The van der Waals surface area contributed by atoms with Gasteiger partial charge in [0.15, 0.2) is 0 Å². The first-order valence-electron chi connectivity index (χ1n) is 11.2. The molecule has 0 unspecified atom stereocenters. The van der Waals surface area contributed by atoms with Gasteiger partial charge in [0.2, 0.25) is 0 Å². The highest BCUT2D eigenvalue weighted by molar-refractivity contribution is 9.10. The first-order chi connectivity index (χ1) is 16.1. The number of amides is 1. The van der Waals surface area contributed by atoms with Crippen LogP contribution in [0, 0.1) is 6.92 Å². The molecule has 1 saturated heterocycles.